The summed E-state index contributed by atoms with van der Waals surface area (Å²) in [5.41, 5.74) is 0. The van der Waals surface area contributed by atoms with Crippen LogP contribution in [-0.2, 0) is 18.8 Å². The Balaban J connectivity index is 2.14. The first-order chi connectivity index (χ1) is 8.69. The first-order valence-electron chi connectivity index (χ1n) is 6.19. The molecule has 0 aromatic rings. The lowest BCUT2D eigenvalue weighted by Crippen LogP contribution is -1.99. The van der Waals surface area contributed by atoms with E-state index < -0.39 is 0 Å². The van der Waals surface area contributed by atoms with E-state index in [1.165, 1.54) is 7.11 Å². The summed E-state index contributed by atoms with van der Waals surface area (Å²) in [5, 5.41) is 0. The third-order valence-corrected chi connectivity index (χ3v) is 4.56. The maximum atomic E-state index is 11.6. The van der Waals surface area contributed by atoms with Crippen LogP contribution in [0.25, 0.3) is 0 Å². The number of allylic oxidation sites excluding steroid dienone is 2. The lowest BCUT2D eigenvalue weighted by Gasteiger charge is -2.05. The van der Waals surface area contributed by atoms with Crippen LogP contribution in [0, 0.1) is 0 Å². The molecule has 0 aliphatic heterocycles. The van der Waals surface area contributed by atoms with Crippen molar-refractivity contribution in [2.24, 2.45) is 0 Å². The van der Waals surface area contributed by atoms with E-state index >= 15 is 0 Å². The van der Waals surface area contributed by atoms with Crippen LogP contribution in [-0.4, -0.2) is 35.1 Å². The van der Waals surface area contributed by atoms with Crippen LogP contribution >= 0.6 is 11.8 Å². The highest BCUT2D eigenvalue weighted by Crippen LogP contribution is 2.32. The fourth-order valence-electron chi connectivity index (χ4n) is 1.79. The molecule has 6 heteroatoms. The Morgan fingerprint density at radius 1 is 1.33 bits per heavy atom. The van der Waals surface area contributed by atoms with E-state index in [9.17, 15) is 9.59 Å². The van der Waals surface area contributed by atoms with Gasteiger partial charge in [-0.05, 0) is 18.6 Å². The summed E-state index contributed by atoms with van der Waals surface area (Å²) in [6.45, 7) is 0. The molecule has 0 fully saturated rings. The zero-order chi connectivity index (χ0) is 13.4. The summed E-state index contributed by atoms with van der Waals surface area (Å²) in [7, 11) is 2.05. The molecule has 0 heterocycles. The number of carbonyl (C=O) groups is 2. The van der Waals surface area contributed by atoms with E-state index in [0.717, 1.165) is 42.1 Å². The number of hydrogen-bond acceptors (Lipinski definition) is 5. The number of thioether (sulfide) groups is 1. The lowest BCUT2D eigenvalue weighted by atomic mass is 10.2. The number of hydrogen-bond donors (Lipinski definition) is 0. The van der Waals surface area contributed by atoms with Crippen molar-refractivity contribution < 1.29 is 18.8 Å². The molecule has 0 unspecified atom stereocenters. The van der Waals surface area contributed by atoms with E-state index in [4.69, 9.17) is 4.43 Å². The molecule has 0 amide bonds. The normalized spacial score (nSPS) is 15.3. The van der Waals surface area contributed by atoms with Crippen molar-refractivity contribution in [3.8, 4) is 0 Å². The summed E-state index contributed by atoms with van der Waals surface area (Å²) in [4.78, 5) is 23.3. The van der Waals surface area contributed by atoms with Crippen LogP contribution in [0.3, 0.4) is 0 Å². The highest BCUT2D eigenvalue weighted by Gasteiger charge is 2.23. The molecule has 0 N–H and O–H groups in total. The number of Topliss-reactive ketones (excluding diaryl/α,β-unsaturated/α-hetero) is 1. The molecule has 102 valence electrons. The van der Waals surface area contributed by atoms with Gasteiger partial charge in [0, 0.05) is 19.3 Å². The maximum Gasteiger partial charge on any atom is 0.305 e. The zero-order valence-corrected chi connectivity index (χ0v) is 13.8. The summed E-state index contributed by atoms with van der Waals surface area (Å²) in [6, 6.07) is 0. The van der Waals surface area contributed by atoms with Crippen LogP contribution in [0.5, 0.6) is 0 Å². The molecule has 4 nitrogen and oxygen atoms in total. The fourth-order valence-corrected chi connectivity index (χ4v) is 3.51. The van der Waals surface area contributed by atoms with Crippen molar-refractivity contribution in [2.75, 3.05) is 12.9 Å². The van der Waals surface area contributed by atoms with Gasteiger partial charge in [-0.3, -0.25) is 9.59 Å². The summed E-state index contributed by atoms with van der Waals surface area (Å²) >= 11 is 1.60. The minimum absolute atomic E-state index is 0.150. The Morgan fingerprint density at radius 2 is 2.11 bits per heavy atom. The summed E-state index contributed by atoms with van der Waals surface area (Å²) < 4.78 is 9.91. The van der Waals surface area contributed by atoms with Crippen LogP contribution in [0.4, 0.5) is 0 Å². The summed E-state index contributed by atoms with van der Waals surface area (Å²) in [6.07, 6.45) is 4.70. The largest absolute Gasteiger partial charge is 0.555 e. The highest BCUT2D eigenvalue weighted by atomic mass is 32.2. The first kappa shape index (κ1) is 15.3. The van der Waals surface area contributed by atoms with Gasteiger partial charge in [0.1, 0.15) is 0 Å². The molecular formula is C12H20O4SSi. The molecule has 0 atom stereocenters. The van der Waals surface area contributed by atoms with Gasteiger partial charge in [0.25, 0.3) is 0 Å². The molecular weight excluding hydrogens is 268 g/mol. The molecule has 1 rings (SSSR count). The molecule has 0 spiro atoms. The average Bonchev–Trinajstić information content (AvgIpc) is 2.74. The van der Waals surface area contributed by atoms with Crippen LogP contribution in [0.1, 0.15) is 38.5 Å². The van der Waals surface area contributed by atoms with Gasteiger partial charge in [-0.1, -0.05) is 6.42 Å². The van der Waals surface area contributed by atoms with Gasteiger partial charge in [-0.25, -0.2) is 0 Å². The first-order valence-corrected chi connectivity index (χ1v) is 7.99. The van der Waals surface area contributed by atoms with Crippen LogP contribution in [0.15, 0.2) is 10.7 Å². The van der Waals surface area contributed by atoms with E-state index in [0.29, 0.717) is 23.3 Å². The minimum atomic E-state index is -0.150. The molecule has 1 aliphatic carbocycles. The van der Waals surface area contributed by atoms with Crippen molar-refractivity contribution in [3.63, 3.8) is 0 Å². The van der Waals surface area contributed by atoms with Crippen LogP contribution < -0.4 is 0 Å². The van der Waals surface area contributed by atoms with Crippen molar-refractivity contribution in [3.05, 3.63) is 10.7 Å². The monoisotopic (exact) mass is 288 g/mol. The predicted octanol–water partition coefficient (Wildman–Crippen LogP) is 1.32. The lowest BCUT2D eigenvalue weighted by molar-refractivity contribution is -0.140. The van der Waals surface area contributed by atoms with Crippen molar-refractivity contribution >= 4 is 34.0 Å². The van der Waals surface area contributed by atoms with Crippen molar-refractivity contribution in [1.82, 2.24) is 0 Å². The molecule has 0 saturated heterocycles. The molecule has 1 aliphatic rings. The number of ketones is 1. The van der Waals surface area contributed by atoms with Gasteiger partial charge in [0.2, 0.25) is 10.5 Å². The Morgan fingerprint density at radius 3 is 2.78 bits per heavy atom. The number of methoxy groups -OCH3 is 1. The van der Waals surface area contributed by atoms with Gasteiger partial charge in [-0.2, -0.15) is 0 Å². The molecule has 0 saturated carbocycles. The highest BCUT2D eigenvalue weighted by molar-refractivity contribution is 8.04. The second-order valence-electron chi connectivity index (χ2n) is 4.11. The van der Waals surface area contributed by atoms with Gasteiger partial charge in [0.15, 0.2) is 5.78 Å². The number of unbranched alkanes of at least 4 members (excludes halogenated alkanes) is 2. The SMILES string of the molecule is COC(=O)CCCCCSC1=C(O[SiH3])CCC1=O. The molecule has 0 aromatic heterocycles. The molecule has 0 bridgehead atoms. The van der Waals surface area contributed by atoms with E-state index in [1.807, 2.05) is 0 Å². The van der Waals surface area contributed by atoms with Gasteiger partial charge in [0.05, 0.1) is 17.8 Å². The Kier molecular flexibility index (Phi) is 7.11. The van der Waals surface area contributed by atoms with E-state index in [-0.39, 0.29) is 11.8 Å². The minimum Gasteiger partial charge on any atom is -0.555 e. The van der Waals surface area contributed by atoms with Gasteiger partial charge >= 0.3 is 5.97 Å². The Hall–Kier alpha value is -0.753. The third-order valence-electron chi connectivity index (χ3n) is 2.83. The van der Waals surface area contributed by atoms with Crippen molar-refractivity contribution in [2.45, 2.75) is 38.5 Å². The smallest absolute Gasteiger partial charge is 0.305 e. The Labute approximate surface area is 115 Å². The van der Waals surface area contributed by atoms with E-state index in [1.54, 1.807) is 11.8 Å². The third kappa shape index (κ3) is 4.86. The number of carbonyl (C=O) groups excluding carboxylic acids is 2. The number of ether oxygens (including phenoxy) is 1. The average molecular weight is 288 g/mol. The second kappa shape index (κ2) is 8.37. The molecule has 0 radical (unpaired) electrons. The predicted molar refractivity (Wildman–Crippen MR) is 75.2 cm³/mol. The maximum absolute atomic E-state index is 11.6. The number of esters is 1. The van der Waals surface area contributed by atoms with Crippen LogP contribution in [0.2, 0.25) is 0 Å². The topological polar surface area (TPSA) is 52.6 Å². The number of rotatable bonds is 8. The van der Waals surface area contributed by atoms with Gasteiger partial charge < -0.3 is 9.16 Å². The van der Waals surface area contributed by atoms with Gasteiger partial charge in [-0.15, -0.1) is 11.8 Å². The van der Waals surface area contributed by atoms with E-state index in [2.05, 4.69) is 4.74 Å². The molecule has 0 aromatic carbocycles. The molecule has 18 heavy (non-hydrogen) atoms. The summed E-state index contributed by atoms with van der Waals surface area (Å²) in [5.74, 6) is 1.88. The Bertz CT molecular complexity index is 341. The quantitative estimate of drug-likeness (QED) is 0.383. The standard InChI is InChI=1S/C12H20O4SSi/c1-15-11(14)5-3-2-4-8-17-12-9(13)6-7-10(12)16-18/h2-8H2,1,18H3. The zero-order valence-electron chi connectivity index (χ0n) is 11.0. The second-order valence-corrected chi connectivity index (χ2v) is 5.63. The fraction of sp³-hybridized carbons (Fsp3) is 0.667. The van der Waals surface area contributed by atoms with Crippen molar-refractivity contribution in [1.29, 1.82) is 0 Å².